The number of nitrogens with zero attached hydrogens (tertiary/aromatic N) is 3. The highest BCUT2D eigenvalue weighted by atomic mass is 16.6. The van der Waals surface area contributed by atoms with Crippen LogP contribution in [0.15, 0.2) is 12.5 Å². The van der Waals surface area contributed by atoms with E-state index in [1.165, 1.54) is 12.5 Å². The zero-order valence-corrected chi connectivity index (χ0v) is 10.8. The number of aliphatic hydroxyl groups is 3. The van der Waals surface area contributed by atoms with E-state index < -0.39 is 24.5 Å². The van der Waals surface area contributed by atoms with Gasteiger partial charge in [-0.2, -0.15) is 0 Å². The highest BCUT2D eigenvalue weighted by molar-refractivity contribution is 5.88. The van der Waals surface area contributed by atoms with Crippen LogP contribution in [-0.2, 0) is 4.74 Å². The number of hydrogen-bond donors (Lipinski definition) is 4. The Bertz CT molecular complexity index is 644. The van der Waals surface area contributed by atoms with E-state index in [1.54, 1.807) is 11.5 Å². The van der Waals surface area contributed by atoms with E-state index in [4.69, 9.17) is 15.6 Å². The van der Waals surface area contributed by atoms with E-state index in [9.17, 15) is 10.2 Å². The summed E-state index contributed by atoms with van der Waals surface area (Å²) < 4.78 is 7.04. The van der Waals surface area contributed by atoms with Crippen molar-refractivity contribution in [1.82, 2.24) is 14.5 Å². The number of anilines is 1. The molecule has 5 N–H and O–H groups in total. The first kappa shape index (κ1) is 13.3. The second kappa shape index (κ2) is 4.67. The fraction of sp³-hybridized carbons (Fsp3) is 0.500. The summed E-state index contributed by atoms with van der Waals surface area (Å²) in [4.78, 5) is 8.34. The summed E-state index contributed by atoms with van der Waals surface area (Å²) in [7, 11) is 0. The summed E-state index contributed by atoms with van der Waals surface area (Å²) in [6.45, 7) is 1.42. The lowest BCUT2D eigenvalue weighted by molar-refractivity contribution is -0.0508. The minimum atomic E-state index is -1.17. The quantitative estimate of drug-likeness (QED) is 0.552. The van der Waals surface area contributed by atoms with Gasteiger partial charge in [0, 0.05) is 0 Å². The maximum Gasteiger partial charge on any atom is 0.164 e. The third-order valence-electron chi connectivity index (χ3n) is 3.60. The highest BCUT2D eigenvalue weighted by Crippen LogP contribution is 2.33. The Labute approximate surface area is 114 Å². The Morgan fingerprint density at radius 3 is 2.75 bits per heavy atom. The van der Waals surface area contributed by atoms with Crippen molar-refractivity contribution >= 4 is 16.7 Å². The van der Waals surface area contributed by atoms with Crippen molar-refractivity contribution in [3.05, 3.63) is 18.2 Å². The number of rotatable bonds is 2. The summed E-state index contributed by atoms with van der Waals surface area (Å²) in [6, 6.07) is 0. The molecule has 8 nitrogen and oxygen atoms in total. The molecule has 1 aliphatic heterocycles. The van der Waals surface area contributed by atoms with Gasteiger partial charge in [0.15, 0.2) is 6.23 Å². The van der Waals surface area contributed by atoms with E-state index in [0.29, 0.717) is 22.4 Å². The molecule has 4 atom stereocenters. The van der Waals surface area contributed by atoms with Crippen LogP contribution in [0.25, 0.3) is 11.0 Å². The van der Waals surface area contributed by atoms with Gasteiger partial charge in [-0.1, -0.05) is 0 Å². The van der Waals surface area contributed by atoms with Crippen molar-refractivity contribution in [2.24, 2.45) is 0 Å². The number of ether oxygens (including phenoxy) is 1. The third-order valence-corrected chi connectivity index (χ3v) is 3.60. The number of nitrogens with two attached hydrogens (primary N) is 1. The van der Waals surface area contributed by atoms with Gasteiger partial charge in [0.2, 0.25) is 0 Å². The molecule has 1 fully saturated rings. The fourth-order valence-electron chi connectivity index (χ4n) is 2.50. The van der Waals surface area contributed by atoms with Gasteiger partial charge in [0.05, 0.1) is 36.0 Å². The van der Waals surface area contributed by atoms with Crippen LogP contribution in [-0.4, -0.2) is 54.8 Å². The largest absolute Gasteiger partial charge is 0.396 e. The average Bonchev–Trinajstić information content (AvgIpc) is 2.99. The first-order valence-corrected chi connectivity index (χ1v) is 6.24. The zero-order chi connectivity index (χ0) is 14.4. The topological polar surface area (TPSA) is 127 Å². The van der Waals surface area contributed by atoms with Gasteiger partial charge in [-0.05, 0) is 6.92 Å². The maximum absolute atomic E-state index is 10.1. The first-order chi connectivity index (χ1) is 9.54. The Hall–Kier alpha value is -1.74. The standard InChI is InChI=1S/C12H16N4O4/c1-5-8-9(6(13)2-14-5)16(4-15-8)12-11(19)10(18)7(3-17)20-12/h2,4,7,10-12,17-19H,3,13H2,1H3. The summed E-state index contributed by atoms with van der Waals surface area (Å²) >= 11 is 0. The van der Waals surface area contributed by atoms with Gasteiger partial charge >= 0.3 is 0 Å². The molecule has 108 valence electrons. The summed E-state index contributed by atoms with van der Waals surface area (Å²) in [5, 5.41) is 29.0. The normalized spacial score (nSPS) is 30.2. The van der Waals surface area contributed by atoms with Crippen LogP contribution in [0.3, 0.4) is 0 Å². The summed E-state index contributed by atoms with van der Waals surface area (Å²) in [5.74, 6) is 0. The molecule has 4 unspecified atom stereocenters. The number of aliphatic hydroxyl groups excluding tert-OH is 3. The Kier molecular flexibility index (Phi) is 3.09. The lowest BCUT2D eigenvalue weighted by atomic mass is 10.1. The predicted octanol–water partition coefficient (Wildman–Crippen LogP) is -1.07. The smallest absolute Gasteiger partial charge is 0.164 e. The molecule has 20 heavy (non-hydrogen) atoms. The number of aryl methyl sites for hydroxylation is 1. The number of fused-ring (bicyclic) bond motifs is 1. The van der Waals surface area contributed by atoms with Crippen molar-refractivity contribution < 1.29 is 20.1 Å². The highest BCUT2D eigenvalue weighted by Gasteiger charge is 2.43. The first-order valence-electron chi connectivity index (χ1n) is 6.24. The molecule has 3 heterocycles. The zero-order valence-electron chi connectivity index (χ0n) is 10.8. The number of nitrogen functional groups attached to an aromatic ring is 1. The number of imidazole rings is 1. The molecule has 8 heteroatoms. The molecule has 0 spiro atoms. The molecule has 3 rings (SSSR count). The van der Waals surface area contributed by atoms with Gasteiger partial charge in [0.1, 0.15) is 23.8 Å². The molecule has 0 aliphatic carbocycles. The summed E-state index contributed by atoms with van der Waals surface area (Å²) in [6.07, 6.45) is -1.02. The molecule has 1 saturated heterocycles. The van der Waals surface area contributed by atoms with Crippen LogP contribution < -0.4 is 5.73 Å². The van der Waals surface area contributed by atoms with Crippen molar-refractivity contribution in [3.8, 4) is 0 Å². The monoisotopic (exact) mass is 280 g/mol. The van der Waals surface area contributed by atoms with E-state index in [0.717, 1.165) is 0 Å². The average molecular weight is 280 g/mol. The number of pyridine rings is 1. The van der Waals surface area contributed by atoms with Crippen molar-refractivity contribution in [1.29, 1.82) is 0 Å². The fourth-order valence-corrected chi connectivity index (χ4v) is 2.50. The third kappa shape index (κ3) is 1.77. The SMILES string of the molecule is Cc1ncc(N)c2c1ncn2C1OC(CO)C(O)C1O. The summed E-state index contributed by atoms with van der Waals surface area (Å²) in [5.41, 5.74) is 8.23. The van der Waals surface area contributed by atoms with Crippen LogP contribution >= 0.6 is 0 Å². The van der Waals surface area contributed by atoms with Crippen LogP contribution in [0.5, 0.6) is 0 Å². The van der Waals surface area contributed by atoms with E-state index in [1.807, 2.05) is 0 Å². The molecule has 2 aromatic rings. The van der Waals surface area contributed by atoms with Gasteiger partial charge in [-0.25, -0.2) is 4.98 Å². The van der Waals surface area contributed by atoms with E-state index in [2.05, 4.69) is 9.97 Å². The lowest BCUT2D eigenvalue weighted by Crippen LogP contribution is -2.33. The molecular weight excluding hydrogens is 264 g/mol. The molecule has 1 aliphatic rings. The van der Waals surface area contributed by atoms with Gasteiger partial charge in [0.25, 0.3) is 0 Å². The van der Waals surface area contributed by atoms with Crippen molar-refractivity contribution in [2.75, 3.05) is 12.3 Å². The Balaban J connectivity index is 2.10. The second-order valence-electron chi connectivity index (χ2n) is 4.88. The van der Waals surface area contributed by atoms with Crippen molar-refractivity contribution in [2.45, 2.75) is 31.5 Å². The minimum absolute atomic E-state index is 0.378. The van der Waals surface area contributed by atoms with Crippen LogP contribution in [0.1, 0.15) is 11.9 Å². The Morgan fingerprint density at radius 2 is 2.10 bits per heavy atom. The maximum atomic E-state index is 10.1. The minimum Gasteiger partial charge on any atom is -0.396 e. The predicted molar refractivity (Wildman–Crippen MR) is 69.7 cm³/mol. The molecule has 0 aromatic carbocycles. The van der Waals surface area contributed by atoms with Gasteiger partial charge in [-0.15, -0.1) is 0 Å². The van der Waals surface area contributed by atoms with E-state index in [-0.39, 0.29) is 6.61 Å². The number of hydrogen-bond acceptors (Lipinski definition) is 7. The molecule has 0 saturated carbocycles. The van der Waals surface area contributed by atoms with Gasteiger partial charge < -0.3 is 25.8 Å². The van der Waals surface area contributed by atoms with Crippen LogP contribution in [0, 0.1) is 6.92 Å². The number of aromatic nitrogens is 3. The lowest BCUT2D eigenvalue weighted by Gasteiger charge is -2.17. The molecule has 0 bridgehead atoms. The second-order valence-corrected chi connectivity index (χ2v) is 4.88. The van der Waals surface area contributed by atoms with Crippen LogP contribution in [0.4, 0.5) is 5.69 Å². The van der Waals surface area contributed by atoms with Gasteiger partial charge in [-0.3, -0.25) is 9.55 Å². The van der Waals surface area contributed by atoms with Crippen molar-refractivity contribution in [3.63, 3.8) is 0 Å². The molecular formula is C12H16N4O4. The Morgan fingerprint density at radius 1 is 1.35 bits per heavy atom. The van der Waals surface area contributed by atoms with E-state index >= 15 is 0 Å². The molecule has 2 aromatic heterocycles. The molecule has 0 amide bonds. The van der Waals surface area contributed by atoms with Crippen LogP contribution in [0.2, 0.25) is 0 Å². The molecule has 0 radical (unpaired) electrons.